The third kappa shape index (κ3) is 4.41. The summed E-state index contributed by atoms with van der Waals surface area (Å²) in [6, 6.07) is 3.92. The number of benzene rings is 1. The molecule has 1 heterocycles. The van der Waals surface area contributed by atoms with Crippen LogP contribution in [0, 0.1) is 5.82 Å². The second-order valence-electron chi connectivity index (χ2n) is 6.20. The van der Waals surface area contributed by atoms with E-state index < -0.39 is 5.82 Å². The Labute approximate surface area is 147 Å². The molecular formula is C19H25FN4O. The molecular weight excluding hydrogens is 319 g/mol. The quantitative estimate of drug-likeness (QED) is 0.696. The zero-order valence-corrected chi connectivity index (χ0v) is 14.8. The van der Waals surface area contributed by atoms with Gasteiger partial charge in [-0.1, -0.05) is 13.3 Å². The van der Waals surface area contributed by atoms with Crippen LogP contribution in [0.1, 0.15) is 50.8 Å². The number of nitrogens with two attached hydrogens (primary N) is 2. The van der Waals surface area contributed by atoms with Crippen molar-refractivity contribution < 1.29 is 9.50 Å². The molecule has 0 bridgehead atoms. The average Bonchev–Trinajstić information content (AvgIpc) is 3.04. The molecule has 0 aliphatic heterocycles. The van der Waals surface area contributed by atoms with Gasteiger partial charge >= 0.3 is 0 Å². The van der Waals surface area contributed by atoms with Gasteiger partial charge in [0.2, 0.25) is 0 Å². The fourth-order valence-corrected chi connectivity index (χ4v) is 2.67. The van der Waals surface area contributed by atoms with Crippen molar-refractivity contribution in [3.8, 4) is 5.75 Å². The molecule has 5 N–H and O–H groups in total. The number of hydrogen-bond donors (Lipinski definition) is 3. The minimum atomic E-state index is -0.472. The van der Waals surface area contributed by atoms with Gasteiger partial charge in [0.25, 0.3) is 0 Å². The van der Waals surface area contributed by atoms with E-state index in [1.54, 1.807) is 19.2 Å². The molecule has 1 unspecified atom stereocenters. The summed E-state index contributed by atoms with van der Waals surface area (Å²) < 4.78 is 15.3. The lowest BCUT2D eigenvalue weighted by Gasteiger charge is -2.10. The van der Waals surface area contributed by atoms with E-state index in [1.165, 1.54) is 18.2 Å². The van der Waals surface area contributed by atoms with E-state index in [9.17, 15) is 9.50 Å². The molecule has 0 amide bonds. The zero-order chi connectivity index (χ0) is 18.6. The molecule has 1 atom stereocenters. The maximum Gasteiger partial charge on any atom is 0.125 e. The highest BCUT2D eigenvalue weighted by atomic mass is 19.1. The molecule has 2 rings (SSSR count). The van der Waals surface area contributed by atoms with Crippen molar-refractivity contribution >= 4 is 11.3 Å². The standard InChI is InChI=1S/C19H25FN4O/c1-4-5-12(2)24-11-14(10-23-24)16(13(3)21)9-18(22)17-8-15(20)6-7-19(17)25/h6-12,25H,4-5,21-22H2,1-3H3/b16-13?,18-9-. The molecule has 0 saturated carbocycles. The average molecular weight is 344 g/mol. The van der Waals surface area contributed by atoms with Crippen molar-refractivity contribution in [2.75, 3.05) is 0 Å². The van der Waals surface area contributed by atoms with Gasteiger partial charge in [-0.15, -0.1) is 0 Å². The van der Waals surface area contributed by atoms with Crippen LogP contribution in [0.5, 0.6) is 5.75 Å². The van der Waals surface area contributed by atoms with Gasteiger partial charge in [-0.2, -0.15) is 5.10 Å². The number of halogens is 1. The highest BCUT2D eigenvalue weighted by Crippen LogP contribution is 2.27. The third-order valence-corrected chi connectivity index (χ3v) is 4.06. The molecule has 25 heavy (non-hydrogen) atoms. The lowest BCUT2D eigenvalue weighted by atomic mass is 10.0. The number of allylic oxidation sites excluding steroid dienone is 3. The number of aromatic hydroxyl groups is 1. The summed E-state index contributed by atoms with van der Waals surface area (Å²) >= 11 is 0. The summed E-state index contributed by atoms with van der Waals surface area (Å²) in [6.07, 6.45) is 7.38. The number of phenolic OH excluding ortho intramolecular Hbond substituents is 1. The van der Waals surface area contributed by atoms with Crippen LogP contribution in [0.3, 0.4) is 0 Å². The van der Waals surface area contributed by atoms with E-state index in [2.05, 4.69) is 18.9 Å². The van der Waals surface area contributed by atoms with E-state index in [0.717, 1.165) is 18.4 Å². The predicted molar refractivity (Wildman–Crippen MR) is 98.9 cm³/mol. The molecule has 5 nitrogen and oxygen atoms in total. The number of aromatic nitrogens is 2. The van der Waals surface area contributed by atoms with Crippen molar-refractivity contribution in [2.45, 2.75) is 39.7 Å². The summed E-state index contributed by atoms with van der Waals surface area (Å²) in [5.41, 5.74) is 14.6. The Kier molecular flexibility index (Phi) is 5.85. The Balaban J connectivity index is 2.40. The Morgan fingerprint density at radius 1 is 1.40 bits per heavy atom. The van der Waals surface area contributed by atoms with E-state index in [-0.39, 0.29) is 23.1 Å². The van der Waals surface area contributed by atoms with Gasteiger partial charge < -0.3 is 16.6 Å². The highest BCUT2D eigenvalue weighted by molar-refractivity contribution is 5.84. The van der Waals surface area contributed by atoms with E-state index in [0.29, 0.717) is 11.3 Å². The van der Waals surface area contributed by atoms with Gasteiger partial charge in [-0.3, -0.25) is 4.68 Å². The van der Waals surface area contributed by atoms with E-state index >= 15 is 0 Å². The first-order valence-electron chi connectivity index (χ1n) is 8.30. The van der Waals surface area contributed by atoms with Crippen molar-refractivity contribution in [3.63, 3.8) is 0 Å². The predicted octanol–water partition coefficient (Wildman–Crippen LogP) is 3.78. The maximum atomic E-state index is 13.4. The smallest absolute Gasteiger partial charge is 0.125 e. The fraction of sp³-hybridized carbons (Fsp3) is 0.316. The summed E-state index contributed by atoms with van der Waals surface area (Å²) in [6.45, 7) is 6.00. The molecule has 0 fully saturated rings. The molecule has 0 radical (unpaired) electrons. The second-order valence-corrected chi connectivity index (χ2v) is 6.20. The van der Waals surface area contributed by atoms with E-state index in [1.807, 2.05) is 10.9 Å². The van der Waals surface area contributed by atoms with Gasteiger partial charge in [0.05, 0.1) is 6.20 Å². The van der Waals surface area contributed by atoms with Crippen LogP contribution >= 0.6 is 0 Å². The van der Waals surface area contributed by atoms with Crippen molar-refractivity contribution in [1.82, 2.24) is 9.78 Å². The molecule has 0 aliphatic carbocycles. The Morgan fingerprint density at radius 2 is 2.12 bits per heavy atom. The van der Waals surface area contributed by atoms with Gasteiger partial charge in [0.1, 0.15) is 11.6 Å². The van der Waals surface area contributed by atoms with Crippen molar-refractivity contribution in [1.29, 1.82) is 0 Å². The molecule has 134 valence electrons. The minimum Gasteiger partial charge on any atom is -0.507 e. The van der Waals surface area contributed by atoms with Crippen molar-refractivity contribution in [2.24, 2.45) is 11.5 Å². The number of rotatable bonds is 6. The van der Waals surface area contributed by atoms with Crippen LogP contribution in [-0.4, -0.2) is 14.9 Å². The van der Waals surface area contributed by atoms with Crippen LogP contribution in [0.4, 0.5) is 4.39 Å². The van der Waals surface area contributed by atoms with Gasteiger partial charge in [0, 0.05) is 40.3 Å². The van der Waals surface area contributed by atoms with Crippen LogP contribution < -0.4 is 11.5 Å². The summed E-state index contributed by atoms with van der Waals surface area (Å²) in [5, 5.41) is 14.3. The monoisotopic (exact) mass is 344 g/mol. The maximum absolute atomic E-state index is 13.4. The largest absolute Gasteiger partial charge is 0.507 e. The minimum absolute atomic E-state index is 0.0866. The highest BCUT2D eigenvalue weighted by Gasteiger charge is 2.12. The van der Waals surface area contributed by atoms with E-state index in [4.69, 9.17) is 11.5 Å². The van der Waals surface area contributed by atoms with Crippen LogP contribution in [-0.2, 0) is 0 Å². The summed E-state index contributed by atoms with van der Waals surface area (Å²) in [4.78, 5) is 0. The molecule has 0 aliphatic rings. The number of phenols is 1. The van der Waals surface area contributed by atoms with Crippen LogP contribution in [0.25, 0.3) is 11.3 Å². The normalized spacial score (nSPS) is 14.3. The van der Waals surface area contributed by atoms with Crippen LogP contribution in [0.15, 0.2) is 42.4 Å². The first-order chi connectivity index (χ1) is 11.8. The Bertz CT molecular complexity index is 804. The lowest BCUT2D eigenvalue weighted by Crippen LogP contribution is -2.05. The third-order valence-electron chi connectivity index (χ3n) is 4.06. The Hall–Kier alpha value is -2.76. The van der Waals surface area contributed by atoms with Gasteiger partial charge in [0.15, 0.2) is 0 Å². The summed E-state index contributed by atoms with van der Waals surface area (Å²) in [5.74, 6) is -0.559. The molecule has 0 saturated heterocycles. The summed E-state index contributed by atoms with van der Waals surface area (Å²) in [7, 11) is 0. The van der Waals surface area contributed by atoms with Crippen LogP contribution in [0.2, 0.25) is 0 Å². The topological polar surface area (TPSA) is 90.1 Å². The van der Waals surface area contributed by atoms with Crippen molar-refractivity contribution in [3.05, 3.63) is 59.3 Å². The Morgan fingerprint density at radius 3 is 2.76 bits per heavy atom. The van der Waals surface area contributed by atoms with Gasteiger partial charge in [-0.25, -0.2) is 4.39 Å². The number of nitrogens with zero attached hydrogens (tertiary/aromatic N) is 2. The fourth-order valence-electron chi connectivity index (χ4n) is 2.67. The SMILES string of the molecule is CCCC(C)n1cc(C(/C=C(\N)c2cc(F)ccc2O)=C(C)N)cn1. The first kappa shape index (κ1) is 18.6. The molecule has 1 aromatic heterocycles. The van der Waals surface area contributed by atoms with Gasteiger partial charge in [-0.05, 0) is 44.5 Å². The first-order valence-corrected chi connectivity index (χ1v) is 8.30. The molecule has 1 aromatic carbocycles. The molecule has 2 aromatic rings. The second kappa shape index (κ2) is 7.88. The molecule has 0 spiro atoms. The number of hydrogen-bond acceptors (Lipinski definition) is 4. The lowest BCUT2D eigenvalue weighted by molar-refractivity contribution is 0.455. The zero-order valence-electron chi connectivity index (χ0n) is 14.8. The molecule has 6 heteroatoms.